The average Bonchev–Trinajstić information content (AvgIpc) is 2.71. The van der Waals surface area contributed by atoms with Gasteiger partial charge in [-0.25, -0.2) is 0 Å². The number of nitrogens with zero attached hydrogens (tertiary/aromatic N) is 5. The molecule has 0 bridgehead atoms. The zero-order valence-corrected chi connectivity index (χ0v) is 8.80. The van der Waals surface area contributed by atoms with Gasteiger partial charge in [0.15, 0.2) is 5.69 Å². The van der Waals surface area contributed by atoms with Gasteiger partial charge < -0.3 is 0 Å². The molecule has 0 saturated carbocycles. The topological polar surface area (TPSA) is 65.6 Å². The van der Waals surface area contributed by atoms with E-state index in [9.17, 15) is 4.79 Å². The van der Waals surface area contributed by atoms with E-state index in [0.29, 0.717) is 11.4 Å². The van der Waals surface area contributed by atoms with E-state index in [4.69, 9.17) is 0 Å². The summed E-state index contributed by atoms with van der Waals surface area (Å²) < 4.78 is 1.55. The van der Waals surface area contributed by atoms with Gasteiger partial charge in [-0.2, -0.15) is 20.1 Å². The second-order valence-corrected chi connectivity index (χ2v) is 3.34. The largest absolute Gasteiger partial charge is 0.285 e. The van der Waals surface area contributed by atoms with Crippen molar-refractivity contribution in [1.82, 2.24) is 24.8 Å². The number of rotatable bonds is 2. The van der Waals surface area contributed by atoms with E-state index in [1.54, 1.807) is 24.8 Å². The Bertz CT molecular complexity index is 510. The second-order valence-electron chi connectivity index (χ2n) is 3.34. The van der Waals surface area contributed by atoms with E-state index in [1.165, 1.54) is 11.0 Å². The van der Waals surface area contributed by atoms with Gasteiger partial charge in [0, 0.05) is 14.1 Å². The second kappa shape index (κ2) is 3.30. The molecule has 0 aliphatic heterocycles. The minimum absolute atomic E-state index is 0.161. The molecule has 2 aromatic heterocycles. The van der Waals surface area contributed by atoms with E-state index in [-0.39, 0.29) is 5.78 Å². The number of hydrogen-bond donors (Lipinski definition) is 0. The molecule has 0 aliphatic carbocycles. The summed E-state index contributed by atoms with van der Waals surface area (Å²) in [6, 6.07) is 1.73. The predicted octanol–water partition coefficient (Wildman–Crippen LogP) is 0.0880. The first kappa shape index (κ1) is 9.57. The zero-order valence-electron chi connectivity index (χ0n) is 8.80. The molecule has 0 radical (unpaired) electrons. The summed E-state index contributed by atoms with van der Waals surface area (Å²) in [4.78, 5) is 13.3. The molecule has 0 amide bonds. The fourth-order valence-electron chi connectivity index (χ4n) is 1.40. The van der Waals surface area contributed by atoms with Crippen molar-refractivity contribution in [3.05, 3.63) is 29.3 Å². The highest BCUT2D eigenvalue weighted by molar-refractivity contribution is 6.06. The lowest BCUT2D eigenvalue weighted by atomic mass is 10.2. The summed E-state index contributed by atoms with van der Waals surface area (Å²) in [7, 11) is 3.40. The van der Waals surface area contributed by atoms with Crippen LogP contribution in [0.3, 0.4) is 0 Å². The van der Waals surface area contributed by atoms with Crippen LogP contribution in [0.4, 0.5) is 0 Å². The zero-order chi connectivity index (χ0) is 11.0. The molecule has 0 fully saturated rings. The van der Waals surface area contributed by atoms with Gasteiger partial charge in [0.2, 0.25) is 5.78 Å². The first-order valence-corrected chi connectivity index (χ1v) is 4.49. The highest BCUT2D eigenvalue weighted by Crippen LogP contribution is 2.07. The third-order valence-electron chi connectivity index (χ3n) is 2.07. The maximum atomic E-state index is 11.9. The minimum Gasteiger partial charge on any atom is -0.285 e. The number of ketones is 1. The monoisotopic (exact) mass is 205 g/mol. The van der Waals surface area contributed by atoms with Crippen LogP contribution in [0, 0.1) is 6.92 Å². The number of hydrogen-bond acceptors (Lipinski definition) is 4. The van der Waals surface area contributed by atoms with Crippen molar-refractivity contribution < 1.29 is 4.79 Å². The Morgan fingerprint density at radius 1 is 1.33 bits per heavy atom. The Hall–Kier alpha value is -1.98. The van der Waals surface area contributed by atoms with Gasteiger partial charge in [0.25, 0.3) is 0 Å². The van der Waals surface area contributed by atoms with Crippen molar-refractivity contribution in [1.29, 1.82) is 0 Å². The molecule has 2 heterocycles. The highest BCUT2D eigenvalue weighted by Gasteiger charge is 2.16. The Balaban J connectivity index is 2.40. The summed E-state index contributed by atoms with van der Waals surface area (Å²) >= 11 is 0. The quantitative estimate of drug-likeness (QED) is 0.651. The molecule has 2 aromatic rings. The molecule has 6 nitrogen and oxygen atoms in total. The van der Waals surface area contributed by atoms with Crippen molar-refractivity contribution in [3.63, 3.8) is 0 Å². The molecule has 0 atom stereocenters. The summed E-state index contributed by atoms with van der Waals surface area (Å²) in [6.07, 6.45) is 1.45. The third kappa shape index (κ3) is 1.65. The summed E-state index contributed by atoms with van der Waals surface area (Å²) in [5, 5.41) is 11.9. The predicted molar refractivity (Wildman–Crippen MR) is 52.4 cm³/mol. The molecule has 78 valence electrons. The lowest BCUT2D eigenvalue weighted by molar-refractivity contribution is 0.102. The van der Waals surface area contributed by atoms with Crippen molar-refractivity contribution in [2.45, 2.75) is 6.92 Å². The lowest BCUT2D eigenvalue weighted by Crippen LogP contribution is -2.09. The van der Waals surface area contributed by atoms with E-state index >= 15 is 0 Å². The number of aryl methyl sites for hydroxylation is 3. The lowest BCUT2D eigenvalue weighted by Gasteiger charge is -1.96. The molecule has 2 rings (SSSR count). The van der Waals surface area contributed by atoms with Crippen LogP contribution >= 0.6 is 0 Å². The van der Waals surface area contributed by atoms with Crippen LogP contribution in [0.1, 0.15) is 21.9 Å². The van der Waals surface area contributed by atoms with Crippen LogP contribution in [0.25, 0.3) is 0 Å². The van der Waals surface area contributed by atoms with Gasteiger partial charge >= 0.3 is 0 Å². The van der Waals surface area contributed by atoms with Crippen LogP contribution < -0.4 is 0 Å². The van der Waals surface area contributed by atoms with Crippen LogP contribution in [-0.2, 0) is 14.1 Å². The number of aromatic nitrogens is 5. The first-order valence-electron chi connectivity index (χ1n) is 4.49. The van der Waals surface area contributed by atoms with Crippen molar-refractivity contribution in [3.8, 4) is 0 Å². The van der Waals surface area contributed by atoms with E-state index in [1.807, 2.05) is 6.92 Å². The molecule has 0 spiro atoms. The van der Waals surface area contributed by atoms with Gasteiger partial charge in [0.05, 0.1) is 11.9 Å². The standard InChI is InChI=1S/C9H11N5O/c1-6-4-8(13(2)11-6)9(15)7-5-10-14(3)12-7/h4-5H,1-3H3. The number of carbonyl (C=O) groups is 1. The normalized spacial score (nSPS) is 10.6. The molecule has 0 N–H and O–H groups in total. The van der Waals surface area contributed by atoms with Crippen LogP contribution in [-0.4, -0.2) is 30.6 Å². The smallest absolute Gasteiger partial charge is 0.232 e. The third-order valence-corrected chi connectivity index (χ3v) is 2.07. The van der Waals surface area contributed by atoms with Crippen LogP contribution in [0.15, 0.2) is 12.3 Å². The van der Waals surface area contributed by atoms with Gasteiger partial charge in [-0.05, 0) is 13.0 Å². The van der Waals surface area contributed by atoms with Crippen LogP contribution in [0.5, 0.6) is 0 Å². The molecule has 15 heavy (non-hydrogen) atoms. The van der Waals surface area contributed by atoms with Crippen molar-refractivity contribution in [2.75, 3.05) is 0 Å². The maximum Gasteiger partial charge on any atom is 0.232 e. The first-order chi connectivity index (χ1) is 7.08. The van der Waals surface area contributed by atoms with Gasteiger partial charge in [-0.15, -0.1) is 0 Å². The minimum atomic E-state index is -0.161. The van der Waals surface area contributed by atoms with E-state index in [0.717, 1.165) is 5.69 Å². The molecule has 0 saturated heterocycles. The van der Waals surface area contributed by atoms with Gasteiger partial charge in [-0.1, -0.05) is 0 Å². The van der Waals surface area contributed by atoms with Gasteiger partial charge in [0.1, 0.15) is 5.69 Å². The molecule has 6 heteroatoms. The Morgan fingerprint density at radius 2 is 2.07 bits per heavy atom. The summed E-state index contributed by atoms with van der Waals surface area (Å²) in [5.41, 5.74) is 1.67. The van der Waals surface area contributed by atoms with Gasteiger partial charge in [-0.3, -0.25) is 9.48 Å². The SMILES string of the molecule is Cc1cc(C(=O)c2cnn(C)n2)n(C)n1. The fraction of sp³-hybridized carbons (Fsp3) is 0.333. The van der Waals surface area contributed by atoms with Crippen molar-refractivity contribution >= 4 is 5.78 Å². The Labute approximate surface area is 86.5 Å². The number of carbonyl (C=O) groups excluding carboxylic acids is 1. The van der Waals surface area contributed by atoms with E-state index in [2.05, 4.69) is 15.3 Å². The summed E-state index contributed by atoms with van der Waals surface area (Å²) in [5.74, 6) is -0.161. The molecular formula is C9H11N5O. The Kier molecular flexibility index (Phi) is 2.11. The molecule has 0 unspecified atom stereocenters. The average molecular weight is 205 g/mol. The molecule has 0 aliphatic rings. The Morgan fingerprint density at radius 3 is 2.53 bits per heavy atom. The molecule has 0 aromatic carbocycles. The highest BCUT2D eigenvalue weighted by atomic mass is 16.1. The summed E-state index contributed by atoms with van der Waals surface area (Å²) in [6.45, 7) is 1.84. The van der Waals surface area contributed by atoms with Crippen LogP contribution in [0.2, 0.25) is 0 Å². The van der Waals surface area contributed by atoms with E-state index < -0.39 is 0 Å². The molecular weight excluding hydrogens is 194 g/mol. The fourth-order valence-corrected chi connectivity index (χ4v) is 1.40. The van der Waals surface area contributed by atoms with Crippen molar-refractivity contribution in [2.24, 2.45) is 14.1 Å². The maximum absolute atomic E-state index is 11.9.